The van der Waals surface area contributed by atoms with Crippen LogP contribution in [0, 0.1) is 5.92 Å². The summed E-state index contributed by atoms with van der Waals surface area (Å²) in [5.41, 5.74) is 1.84. The number of rotatable bonds is 5. The number of halogens is 1. The average molecular weight is 463 g/mol. The molecule has 1 saturated heterocycles. The van der Waals surface area contributed by atoms with Gasteiger partial charge in [0.15, 0.2) is 5.76 Å². The van der Waals surface area contributed by atoms with E-state index in [2.05, 4.69) is 10.3 Å². The van der Waals surface area contributed by atoms with Gasteiger partial charge in [0.2, 0.25) is 5.91 Å². The van der Waals surface area contributed by atoms with Crippen molar-refractivity contribution in [1.29, 1.82) is 0 Å². The molecule has 3 aromatic heterocycles. The van der Waals surface area contributed by atoms with Gasteiger partial charge in [-0.3, -0.25) is 19.0 Å². The molecule has 1 aliphatic heterocycles. The second-order valence-corrected chi connectivity index (χ2v) is 8.25. The maximum Gasteiger partial charge on any atom is 0.287 e. The van der Waals surface area contributed by atoms with Crippen LogP contribution in [0.3, 0.4) is 0 Å². The number of nitrogens with zero attached hydrogens (tertiary/aromatic N) is 3. The molecule has 8 nitrogen and oxygen atoms in total. The molecule has 1 fully saturated rings. The number of aromatic nitrogens is 2. The number of carbonyl (C=O) groups excluding carboxylic acids is 2. The zero-order valence-corrected chi connectivity index (χ0v) is 18.2. The monoisotopic (exact) mass is 462 g/mol. The average Bonchev–Trinajstić information content (AvgIpc) is 3.41. The van der Waals surface area contributed by atoms with Gasteiger partial charge in [0.1, 0.15) is 10.7 Å². The molecule has 2 amide bonds. The number of hydrogen-bond donors (Lipinski definition) is 1. The number of carbonyl (C=O) groups is 2. The van der Waals surface area contributed by atoms with Crippen LogP contribution < -0.4 is 15.8 Å². The second-order valence-electron chi connectivity index (χ2n) is 7.87. The Bertz CT molecular complexity index is 1410. The smallest absolute Gasteiger partial charge is 0.287 e. The van der Waals surface area contributed by atoms with Crippen molar-refractivity contribution >= 4 is 40.1 Å². The van der Waals surface area contributed by atoms with E-state index >= 15 is 0 Å². The van der Waals surface area contributed by atoms with Gasteiger partial charge in [-0.2, -0.15) is 0 Å². The fraction of sp³-hybridized carbons (Fsp3) is 0.167. The van der Waals surface area contributed by atoms with Crippen molar-refractivity contribution in [3.8, 4) is 5.69 Å². The lowest BCUT2D eigenvalue weighted by Crippen LogP contribution is -2.31. The van der Waals surface area contributed by atoms with Gasteiger partial charge in [-0.15, -0.1) is 0 Å². The molecule has 0 aliphatic carbocycles. The lowest BCUT2D eigenvalue weighted by molar-refractivity contribution is -0.117. The molecule has 1 atom stereocenters. The third-order valence-electron chi connectivity index (χ3n) is 5.61. The Morgan fingerprint density at radius 1 is 1.12 bits per heavy atom. The number of furan rings is 1. The normalized spacial score (nSPS) is 15.8. The van der Waals surface area contributed by atoms with Crippen molar-refractivity contribution in [3.05, 3.63) is 88.3 Å². The SMILES string of the molecule is O=C(NCC1CC(=O)N(c2ccc(-n3ccccc3=O)cc2)C1)c1cc2cnc(Cl)cc2o1. The number of fused-ring (bicyclic) bond motifs is 1. The van der Waals surface area contributed by atoms with Crippen molar-refractivity contribution in [3.63, 3.8) is 0 Å². The van der Waals surface area contributed by atoms with E-state index in [0.717, 1.165) is 11.4 Å². The summed E-state index contributed by atoms with van der Waals surface area (Å²) in [6.07, 6.45) is 3.58. The highest BCUT2D eigenvalue weighted by Gasteiger charge is 2.31. The zero-order chi connectivity index (χ0) is 22.9. The standard InChI is InChI=1S/C24H19ClN4O4/c25-21-11-19-16(13-26-21)10-20(33-19)24(32)27-12-15-9-23(31)29(14-15)18-6-4-17(5-7-18)28-8-2-1-3-22(28)30/h1-8,10-11,13,15H,9,12,14H2,(H,27,32). The first-order valence-electron chi connectivity index (χ1n) is 10.4. The van der Waals surface area contributed by atoms with Crippen LogP contribution in [0.4, 0.5) is 5.69 Å². The second kappa shape index (κ2) is 8.55. The number of benzene rings is 1. The van der Waals surface area contributed by atoms with Crippen LogP contribution in [-0.4, -0.2) is 34.5 Å². The predicted octanol–water partition coefficient (Wildman–Crippen LogP) is 3.42. The van der Waals surface area contributed by atoms with Gasteiger partial charge in [-0.25, -0.2) is 4.98 Å². The van der Waals surface area contributed by atoms with Crippen molar-refractivity contribution < 1.29 is 14.0 Å². The van der Waals surface area contributed by atoms with Gasteiger partial charge in [0.05, 0.1) is 0 Å². The fourth-order valence-electron chi connectivity index (χ4n) is 3.95. The Hall–Kier alpha value is -3.91. The molecule has 166 valence electrons. The predicted molar refractivity (Wildman–Crippen MR) is 124 cm³/mol. The molecule has 1 unspecified atom stereocenters. The fourth-order valence-corrected chi connectivity index (χ4v) is 4.10. The third-order valence-corrected chi connectivity index (χ3v) is 5.82. The Labute approximate surface area is 193 Å². The molecule has 4 heterocycles. The molecule has 5 rings (SSSR count). The number of pyridine rings is 2. The Kier molecular flexibility index (Phi) is 5.43. The van der Waals surface area contributed by atoms with Crippen molar-refractivity contribution in [2.24, 2.45) is 5.92 Å². The molecule has 0 radical (unpaired) electrons. The van der Waals surface area contributed by atoms with E-state index in [4.69, 9.17) is 16.0 Å². The quantitative estimate of drug-likeness (QED) is 0.458. The molecule has 1 aliphatic rings. The number of amides is 2. The van der Waals surface area contributed by atoms with E-state index in [-0.39, 0.29) is 34.2 Å². The van der Waals surface area contributed by atoms with Crippen LogP contribution in [0.5, 0.6) is 0 Å². The summed E-state index contributed by atoms with van der Waals surface area (Å²) in [5.74, 6) is -0.227. The van der Waals surface area contributed by atoms with E-state index < -0.39 is 0 Å². The first kappa shape index (κ1) is 21.0. The van der Waals surface area contributed by atoms with Crippen molar-refractivity contribution in [1.82, 2.24) is 14.9 Å². The molecular weight excluding hydrogens is 444 g/mol. The summed E-state index contributed by atoms with van der Waals surface area (Å²) in [7, 11) is 0. The Morgan fingerprint density at radius 3 is 2.70 bits per heavy atom. The zero-order valence-electron chi connectivity index (χ0n) is 17.4. The number of hydrogen-bond acceptors (Lipinski definition) is 5. The molecule has 9 heteroatoms. The summed E-state index contributed by atoms with van der Waals surface area (Å²) < 4.78 is 7.09. The summed E-state index contributed by atoms with van der Waals surface area (Å²) in [6.45, 7) is 0.831. The van der Waals surface area contributed by atoms with Crippen LogP contribution in [0.1, 0.15) is 17.0 Å². The van der Waals surface area contributed by atoms with E-state index in [0.29, 0.717) is 30.5 Å². The highest BCUT2D eigenvalue weighted by atomic mass is 35.5. The van der Waals surface area contributed by atoms with Crippen LogP contribution in [0.15, 0.2) is 76.2 Å². The first-order chi connectivity index (χ1) is 16.0. The van der Waals surface area contributed by atoms with Gasteiger partial charge in [-0.1, -0.05) is 17.7 Å². The lowest BCUT2D eigenvalue weighted by atomic mass is 10.1. The van der Waals surface area contributed by atoms with Crippen LogP contribution in [0.2, 0.25) is 5.15 Å². The topological polar surface area (TPSA) is 97.4 Å². The third kappa shape index (κ3) is 4.25. The minimum absolute atomic E-state index is 0.0108. The van der Waals surface area contributed by atoms with E-state index in [1.165, 1.54) is 10.6 Å². The van der Waals surface area contributed by atoms with E-state index in [1.807, 2.05) is 24.3 Å². The van der Waals surface area contributed by atoms with Crippen LogP contribution in [-0.2, 0) is 4.79 Å². The maximum atomic E-state index is 12.6. The summed E-state index contributed by atoms with van der Waals surface area (Å²) >= 11 is 5.86. The van der Waals surface area contributed by atoms with E-state index in [9.17, 15) is 14.4 Å². The van der Waals surface area contributed by atoms with E-state index in [1.54, 1.807) is 41.6 Å². The Balaban J connectivity index is 1.22. The molecule has 1 N–H and O–H groups in total. The number of anilines is 1. The molecule has 1 aromatic carbocycles. The molecule has 33 heavy (non-hydrogen) atoms. The minimum atomic E-state index is -0.356. The largest absolute Gasteiger partial charge is 0.451 e. The highest BCUT2D eigenvalue weighted by molar-refractivity contribution is 6.30. The minimum Gasteiger partial charge on any atom is -0.451 e. The van der Waals surface area contributed by atoms with Gasteiger partial charge in [0.25, 0.3) is 11.5 Å². The Morgan fingerprint density at radius 2 is 1.91 bits per heavy atom. The molecule has 0 spiro atoms. The molecule has 0 saturated carbocycles. The summed E-state index contributed by atoms with van der Waals surface area (Å²) in [6, 6.07) is 15.4. The van der Waals surface area contributed by atoms with Crippen molar-refractivity contribution in [2.45, 2.75) is 6.42 Å². The van der Waals surface area contributed by atoms with Gasteiger partial charge < -0.3 is 14.6 Å². The van der Waals surface area contributed by atoms with Gasteiger partial charge >= 0.3 is 0 Å². The van der Waals surface area contributed by atoms with Gasteiger partial charge in [-0.05, 0) is 36.4 Å². The number of nitrogens with one attached hydrogen (secondary N) is 1. The van der Waals surface area contributed by atoms with Gasteiger partial charge in [0, 0.05) is 66.7 Å². The lowest BCUT2D eigenvalue weighted by Gasteiger charge is -2.17. The first-order valence-corrected chi connectivity index (χ1v) is 10.8. The summed E-state index contributed by atoms with van der Waals surface area (Å²) in [5, 5.41) is 3.82. The maximum absolute atomic E-state index is 12.6. The van der Waals surface area contributed by atoms with Crippen LogP contribution in [0.25, 0.3) is 16.7 Å². The molecular formula is C24H19ClN4O4. The van der Waals surface area contributed by atoms with Crippen LogP contribution >= 0.6 is 11.6 Å². The van der Waals surface area contributed by atoms with Crippen molar-refractivity contribution in [2.75, 3.05) is 18.0 Å². The molecule has 0 bridgehead atoms. The highest BCUT2D eigenvalue weighted by Crippen LogP contribution is 2.26. The molecule has 4 aromatic rings. The summed E-state index contributed by atoms with van der Waals surface area (Å²) in [4.78, 5) is 42.8.